The van der Waals surface area contributed by atoms with Crippen LogP contribution in [0.4, 0.5) is 0 Å². The van der Waals surface area contributed by atoms with E-state index in [4.69, 9.17) is 0 Å². The number of piperidine rings is 1. The van der Waals surface area contributed by atoms with Gasteiger partial charge in [0.05, 0.1) is 6.04 Å². The lowest BCUT2D eigenvalue weighted by atomic mass is 9.93. The van der Waals surface area contributed by atoms with Gasteiger partial charge in [0.1, 0.15) is 0 Å². The highest BCUT2D eigenvalue weighted by Gasteiger charge is 2.22. The van der Waals surface area contributed by atoms with Crippen molar-refractivity contribution in [2.24, 2.45) is 5.92 Å². The first-order chi connectivity index (χ1) is 9.69. The quantitative estimate of drug-likeness (QED) is 0.808. The average molecular weight is 280 g/mol. The number of nitrogens with zero attached hydrogens (tertiary/aromatic N) is 4. The van der Waals surface area contributed by atoms with Gasteiger partial charge < -0.3 is 10.2 Å². The molecular formula is C13H24N6O. The van der Waals surface area contributed by atoms with Crippen molar-refractivity contribution in [3.05, 3.63) is 5.82 Å². The summed E-state index contributed by atoms with van der Waals surface area (Å²) in [5, 5.41) is 16.6. The molecule has 112 valence electrons. The Labute approximate surface area is 119 Å². The van der Waals surface area contributed by atoms with Crippen LogP contribution in [-0.4, -0.2) is 51.1 Å². The summed E-state index contributed by atoms with van der Waals surface area (Å²) in [5.74, 6) is 1.10. The highest BCUT2D eigenvalue weighted by molar-refractivity contribution is 5.76. The monoisotopic (exact) mass is 280 g/mol. The van der Waals surface area contributed by atoms with E-state index in [-0.39, 0.29) is 11.9 Å². The Morgan fingerprint density at radius 3 is 2.85 bits per heavy atom. The van der Waals surface area contributed by atoms with Crippen molar-refractivity contribution in [2.75, 3.05) is 19.6 Å². The minimum absolute atomic E-state index is 0.0799. The van der Waals surface area contributed by atoms with E-state index in [2.05, 4.69) is 37.8 Å². The molecular weight excluding hydrogens is 256 g/mol. The second kappa shape index (κ2) is 7.33. The van der Waals surface area contributed by atoms with Crippen molar-refractivity contribution in [2.45, 2.75) is 45.6 Å². The lowest BCUT2D eigenvalue weighted by Crippen LogP contribution is -2.36. The van der Waals surface area contributed by atoms with Crippen molar-refractivity contribution in [3.63, 3.8) is 0 Å². The van der Waals surface area contributed by atoms with E-state index >= 15 is 0 Å². The molecule has 1 saturated heterocycles. The standard InChI is InChI=1S/C13H24N6O/c1-3-6-19-7-4-11(5-8-19)9-12(20)14-10(2)13-15-17-18-16-13/h10-11H,3-9H2,1-2H3,(H,14,20)(H,15,16,17,18)/t10-/m1/s1. The number of hydrogen-bond acceptors (Lipinski definition) is 5. The molecule has 0 radical (unpaired) electrons. The number of amides is 1. The first-order valence-electron chi connectivity index (χ1n) is 7.44. The van der Waals surface area contributed by atoms with Gasteiger partial charge in [-0.25, -0.2) is 0 Å². The molecule has 1 amide bonds. The summed E-state index contributed by atoms with van der Waals surface area (Å²) in [4.78, 5) is 14.5. The number of nitrogens with one attached hydrogen (secondary N) is 2. The van der Waals surface area contributed by atoms with Gasteiger partial charge in [-0.05, 0) is 51.7 Å². The fourth-order valence-electron chi connectivity index (χ4n) is 2.71. The second-order valence-electron chi connectivity index (χ2n) is 5.55. The van der Waals surface area contributed by atoms with E-state index < -0.39 is 0 Å². The molecule has 1 aliphatic rings. The van der Waals surface area contributed by atoms with Crippen molar-refractivity contribution in [1.29, 1.82) is 0 Å². The van der Waals surface area contributed by atoms with Crippen LogP contribution < -0.4 is 5.32 Å². The van der Waals surface area contributed by atoms with Gasteiger partial charge in [0.2, 0.25) is 5.91 Å². The summed E-state index contributed by atoms with van der Waals surface area (Å²) in [6, 6.07) is -0.193. The molecule has 0 aromatic carbocycles. The molecule has 1 fully saturated rings. The van der Waals surface area contributed by atoms with E-state index in [0.717, 1.165) is 25.9 Å². The van der Waals surface area contributed by atoms with Crippen LogP contribution in [0.2, 0.25) is 0 Å². The average Bonchev–Trinajstić information content (AvgIpc) is 2.95. The summed E-state index contributed by atoms with van der Waals surface area (Å²) in [5.41, 5.74) is 0. The van der Waals surface area contributed by atoms with Gasteiger partial charge in [-0.2, -0.15) is 5.21 Å². The van der Waals surface area contributed by atoms with E-state index in [1.807, 2.05) is 6.92 Å². The molecule has 0 spiro atoms. The molecule has 20 heavy (non-hydrogen) atoms. The van der Waals surface area contributed by atoms with Crippen molar-refractivity contribution < 1.29 is 4.79 Å². The largest absolute Gasteiger partial charge is 0.346 e. The normalized spacial score (nSPS) is 18.9. The Balaban J connectivity index is 1.70. The number of likely N-dealkylation sites (tertiary alicyclic amines) is 1. The number of H-pyrrole nitrogens is 1. The molecule has 2 rings (SSSR count). The molecule has 2 N–H and O–H groups in total. The fraction of sp³-hybridized carbons (Fsp3) is 0.846. The summed E-state index contributed by atoms with van der Waals surface area (Å²) >= 11 is 0. The molecule has 1 aliphatic heterocycles. The zero-order chi connectivity index (χ0) is 14.4. The van der Waals surface area contributed by atoms with Gasteiger partial charge >= 0.3 is 0 Å². The molecule has 2 heterocycles. The van der Waals surface area contributed by atoms with Gasteiger partial charge in [-0.1, -0.05) is 12.1 Å². The Hall–Kier alpha value is -1.50. The zero-order valence-electron chi connectivity index (χ0n) is 12.3. The molecule has 0 bridgehead atoms. The summed E-state index contributed by atoms with van der Waals surface area (Å²) in [6.07, 6.45) is 4.03. The maximum absolute atomic E-state index is 12.0. The predicted molar refractivity (Wildman–Crippen MR) is 74.8 cm³/mol. The first kappa shape index (κ1) is 14.9. The molecule has 0 aliphatic carbocycles. The van der Waals surface area contributed by atoms with Crippen LogP contribution in [0, 0.1) is 5.92 Å². The number of rotatable bonds is 6. The zero-order valence-corrected chi connectivity index (χ0v) is 12.3. The van der Waals surface area contributed by atoms with Crippen molar-refractivity contribution in [3.8, 4) is 0 Å². The fourth-order valence-corrected chi connectivity index (χ4v) is 2.71. The highest BCUT2D eigenvalue weighted by Crippen LogP contribution is 2.20. The molecule has 7 heteroatoms. The van der Waals surface area contributed by atoms with Gasteiger partial charge in [0, 0.05) is 6.42 Å². The Morgan fingerprint density at radius 1 is 1.50 bits per heavy atom. The lowest BCUT2D eigenvalue weighted by Gasteiger charge is -2.31. The van der Waals surface area contributed by atoms with E-state index in [1.165, 1.54) is 13.0 Å². The predicted octanol–water partition coefficient (Wildman–Crippen LogP) is 0.889. The number of aromatic nitrogens is 4. The van der Waals surface area contributed by atoms with Crippen LogP contribution in [0.3, 0.4) is 0 Å². The number of hydrogen-bond donors (Lipinski definition) is 2. The highest BCUT2D eigenvalue weighted by atomic mass is 16.1. The SMILES string of the molecule is CCCN1CCC(CC(=O)N[C@H](C)c2nn[nH]n2)CC1. The van der Waals surface area contributed by atoms with Crippen LogP contribution in [0.1, 0.15) is 51.4 Å². The summed E-state index contributed by atoms with van der Waals surface area (Å²) in [7, 11) is 0. The van der Waals surface area contributed by atoms with E-state index in [1.54, 1.807) is 0 Å². The Kier molecular flexibility index (Phi) is 5.46. The van der Waals surface area contributed by atoms with Crippen LogP contribution in [0.15, 0.2) is 0 Å². The number of carbonyl (C=O) groups is 1. The van der Waals surface area contributed by atoms with E-state index in [9.17, 15) is 4.79 Å². The van der Waals surface area contributed by atoms with Gasteiger partial charge in [0.25, 0.3) is 0 Å². The molecule has 1 atom stereocenters. The third kappa shape index (κ3) is 4.26. The summed E-state index contributed by atoms with van der Waals surface area (Å²) < 4.78 is 0. The van der Waals surface area contributed by atoms with Crippen molar-refractivity contribution >= 4 is 5.91 Å². The Morgan fingerprint density at radius 2 is 2.25 bits per heavy atom. The first-order valence-corrected chi connectivity index (χ1v) is 7.44. The van der Waals surface area contributed by atoms with Gasteiger partial charge in [-0.3, -0.25) is 4.79 Å². The van der Waals surface area contributed by atoms with Gasteiger partial charge in [0.15, 0.2) is 5.82 Å². The second-order valence-corrected chi connectivity index (χ2v) is 5.55. The minimum Gasteiger partial charge on any atom is -0.346 e. The van der Waals surface area contributed by atoms with Gasteiger partial charge in [-0.15, -0.1) is 10.2 Å². The maximum atomic E-state index is 12.0. The number of carbonyl (C=O) groups excluding carboxylic acids is 1. The minimum atomic E-state index is -0.193. The maximum Gasteiger partial charge on any atom is 0.220 e. The third-order valence-electron chi connectivity index (χ3n) is 3.85. The van der Waals surface area contributed by atoms with Crippen LogP contribution >= 0.6 is 0 Å². The smallest absolute Gasteiger partial charge is 0.220 e. The third-order valence-corrected chi connectivity index (χ3v) is 3.85. The molecule has 0 unspecified atom stereocenters. The lowest BCUT2D eigenvalue weighted by molar-refractivity contribution is -0.123. The van der Waals surface area contributed by atoms with Crippen molar-refractivity contribution in [1.82, 2.24) is 30.8 Å². The molecule has 1 aromatic heterocycles. The van der Waals surface area contributed by atoms with Crippen LogP contribution in [-0.2, 0) is 4.79 Å². The topological polar surface area (TPSA) is 86.8 Å². The molecule has 1 aromatic rings. The Bertz CT molecular complexity index is 399. The molecule has 7 nitrogen and oxygen atoms in total. The van der Waals surface area contributed by atoms with Crippen LogP contribution in [0.25, 0.3) is 0 Å². The number of aromatic amines is 1. The summed E-state index contributed by atoms with van der Waals surface area (Å²) in [6.45, 7) is 7.48. The van der Waals surface area contributed by atoms with E-state index in [0.29, 0.717) is 18.2 Å². The number of tetrazole rings is 1. The molecule has 0 saturated carbocycles. The van der Waals surface area contributed by atoms with Crippen LogP contribution in [0.5, 0.6) is 0 Å².